The fourth-order valence-corrected chi connectivity index (χ4v) is 2.57. The molecule has 16 heavy (non-hydrogen) atoms. The highest BCUT2D eigenvalue weighted by atomic mass is 16.2. The van der Waals surface area contributed by atoms with Crippen LogP contribution in [0.15, 0.2) is 0 Å². The van der Waals surface area contributed by atoms with Crippen LogP contribution in [0.4, 0.5) is 0 Å². The Labute approximate surface area is 98.6 Å². The molecule has 0 bridgehead atoms. The summed E-state index contributed by atoms with van der Waals surface area (Å²) in [4.78, 5) is 14.2. The third-order valence-electron chi connectivity index (χ3n) is 4.23. The second-order valence-corrected chi connectivity index (χ2v) is 5.60. The quantitative estimate of drug-likeness (QED) is 0.773. The maximum absolute atomic E-state index is 12.1. The number of hydrogen-bond donors (Lipinski definition) is 1. The Bertz CT molecular complexity index is 263. The molecular formula is C13H24N2O. The second-order valence-electron chi connectivity index (χ2n) is 5.60. The molecule has 0 spiro atoms. The third kappa shape index (κ3) is 2.40. The van der Waals surface area contributed by atoms with Gasteiger partial charge in [0.25, 0.3) is 0 Å². The van der Waals surface area contributed by atoms with Crippen molar-refractivity contribution in [2.45, 2.75) is 46.1 Å². The first-order chi connectivity index (χ1) is 7.63. The Morgan fingerprint density at radius 3 is 2.62 bits per heavy atom. The van der Waals surface area contributed by atoms with Gasteiger partial charge in [-0.2, -0.15) is 0 Å². The fourth-order valence-electron chi connectivity index (χ4n) is 2.57. The first-order valence-electron chi connectivity index (χ1n) is 6.65. The molecule has 1 heterocycles. The van der Waals surface area contributed by atoms with E-state index >= 15 is 0 Å². The van der Waals surface area contributed by atoms with E-state index in [0.717, 1.165) is 25.6 Å². The molecule has 3 atom stereocenters. The van der Waals surface area contributed by atoms with Gasteiger partial charge in [0.2, 0.25) is 5.91 Å². The zero-order valence-electron chi connectivity index (χ0n) is 10.7. The molecule has 0 aromatic rings. The fraction of sp³-hybridized carbons (Fsp3) is 0.923. The molecule has 3 nitrogen and oxygen atoms in total. The Morgan fingerprint density at radius 1 is 1.38 bits per heavy atom. The van der Waals surface area contributed by atoms with E-state index in [-0.39, 0.29) is 6.04 Å². The average molecular weight is 224 g/mol. The molecule has 0 aromatic carbocycles. The van der Waals surface area contributed by atoms with Gasteiger partial charge in [-0.05, 0) is 30.6 Å². The number of hydrogen-bond acceptors (Lipinski definition) is 2. The minimum atomic E-state index is 0.0661. The van der Waals surface area contributed by atoms with Crippen LogP contribution < -0.4 is 5.32 Å². The van der Waals surface area contributed by atoms with Gasteiger partial charge in [0.15, 0.2) is 0 Å². The molecule has 2 fully saturated rings. The summed E-state index contributed by atoms with van der Waals surface area (Å²) in [6, 6.07) is 0.0661. The number of amides is 1. The highest BCUT2D eigenvalue weighted by molar-refractivity contribution is 5.84. The van der Waals surface area contributed by atoms with Crippen molar-refractivity contribution in [3.05, 3.63) is 0 Å². The number of nitrogens with zero attached hydrogens (tertiary/aromatic N) is 1. The topological polar surface area (TPSA) is 32.3 Å². The van der Waals surface area contributed by atoms with Crippen LogP contribution in [0.3, 0.4) is 0 Å². The van der Waals surface area contributed by atoms with E-state index in [1.807, 2.05) is 4.90 Å². The zero-order valence-corrected chi connectivity index (χ0v) is 10.7. The minimum absolute atomic E-state index is 0.0661. The van der Waals surface area contributed by atoms with Crippen molar-refractivity contribution in [3.8, 4) is 0 Å². The summed E-state index contributed by atoms with van der Waals surface area (Å²) in [5.74, 6) is 2.34. The molecule has 1 saturated heterocycles. The first kappa shape index (κ1) is 11.9. The van der Waals surface area contributed by atoms with Crippen molar-refractivity contribution in [1.29, 1.82) is 0 Å². The first-order valence-corrected chi connectivity index (χ1v) is 6.65. The molecule has 0 aromatic heterocycles. The Hall–Kier alpha value is -0.570. The van der Waals surface area contributed by atoms with Gasteiger partial charge in [0, 0.05) is 6.54 Å². The van der Waals surface area contributed by atoms with Crippen molar-refractivity contribution in [3.63, 3.8) is 0 Å². The Morgan fingerprint density at radius 2 is 2.06 bits per heavy atom. The molecule has 3 unspecified atom stereocenters. The largest absolute Gasteiger partial charge is 0.328 e. The van der Waals surface area contributed by atoms with E-state index in [1.54, 1.807) is 0 Å². The summed E-state index contributed by atoms with van der Waals surface area (Å²) in [6.45, 7) is 8.29. The van der Waals surface area contributed by atoms with Crippen LogP contribution in [0.25, 0.3) is 0 Å². The van der Waals surface area contributed by atoms with Gasteiger partial charge >= 0.3 is 0 Å². The zero-order chi connectivity index (χ0) is 11.7. The van der Waals surface area contributed by atoms with E-state index in [4.69, 9.17) is 0 Å². The molecule has 1 N–H and O–H groups in total. The smallest absolute Gasteiger partial charge is 0.241 e. The highest BCUT2D eigenvalue weighted by Gasteiger charge is 2.37. The average Bonchev–Trinajstić information content (AvgIpc) is 3.06. The van der Waals surface area contributed by atoms with Crippen LogP contribution in [0.1, 0.15) is 40.0 Å². The predicted molar refractivity (Wildman–Crippen MR) is 64.8 cm³/mol. The lowest BCUT2D eigenvalue weighted by atomic mass is 9.99. The number of rotatable bonds is 5. The summed E-state index contributed by atoms with van der Waals surface area (Å²) in [7, 11) is 0. The van der Waals surface area contributed by atoms with E-state index in [0.29, 0.717) is 17.7 Å². The molecule has 92 valence electrons. The lowest BCUT2D eigenvalue weighted by Crippen LogP contribution is -2.37. The molecule has 2 rings (SSSR count). The minimum Gasteiger partial charge on any atom is -0.328 e. The van der Waals surface area contributed by atoms with Gasteiger partial charge in [-0.1, -0.05) is 27.2 Å². The molecule has 1 aliphatic heterocycles. The molecule has 3 heteroatoms. The predicted octanol–water partition coefficient (Wildman–Crippen LogP) is 1.84. The maximum atomic E-state index is 12.1. The van der Waals surface area contributed by atoms with Crippen LogP contribution in [0, 0.1) is 17.8 Å². The van der Waals surface area contributed by atoms with Crippen molar-refractivity contribution < 1.29 is 4.79 Å². The number of carbonyl (C=O) groups excluding carboxylic acids is 1. The van der Waals surface area contributed by atoms with Crippen LogP contribution in [0.5, 0.6) is 0 Å². The molecule has 1 amide bonds. The lowest BCUT2D eigenvalue weighted by molar-refractivity contribution is -0.130. The van der Waals surface area contributed by atoms with Gasteiger partial charge in [0.05, 0.1) is 12.7 Å². The van der Waals surface area contributed by atoms with Crippen LogP contribution >= 0.6 is 0 Å². The Kier molecular flexibility index (Phi) is 3.53. The number of nitrogens with one attached hydrogen (secondary N) is 1. The summed E-state index contributed by atoms with van der Waals surface area (Å²) < 4.78 is 0. The summed E-state index contributed by atoms with van der Waals surface area (Å²) in [6.07, 6.45) is 3.80. The highest BCUT2D eigenvalue weighted by Crippen LogP contribution is 2.37. The lowest BCUT2D eigenvalue weighted by Gasteiger charge is -2.21. The van der Waals surface area contributed by atoms with Crippen LogP contribution in [-0.2, 0) is 4.79 Å². The molecule has 2 aliphatic rings. The van der Waals surface area contributed by atoms with E-state index < -0.39 is 0 Å². The maximum Gasteiger partial charge on any atom is 0.241 e. The molecule has 1 saturated carbocycles. The van der Waals surface area contributed by atoms with E-state index in [1.165, 1.54) is 12.8 Å². The van der Waals surface area contributed by atoms with Crippen molar-refractivity contribution in [1.82, 2.24) is 10.2 Å². The number of carbonyl (C=O) groups is 1. The van der Waals surface area contributed by atoms with Gasteiger partial charge in [-0.15, -0.1) is 0 Å². The normalized spacial score (nSPS) is 29.6. The van der Waals surface area contributed by atoms with E-state index in [9.17, 15) is 4.79 Å². The van der Waals surface area contributed by atoms with Crippen molar-refractivity contribution in [2.24, 2.45) is 17.8 Å². The third-order valence-corrected chi connectivity index (χ3v) is 4.23. The molecular weight excluding hydrogens is 200 g/mol. The summed E-state index contributed by atoms with van der Waals surface area (Å²) in [5.41, 5.74) is 0. The van der Waals surface area contributed by atoms with Crippen LogP contribution in [0.2, 0.25) is 0 Å². The second kappa shape index (κ2) is 4.74. The molecule has 0 radical (unpaired) electrons. The van der Waals surface area contributed by atoms with Crippen molar-refractivity contribution >= 4 is 5.91 Å². The Balaban J connectivity index is 1.86. The SMILES string of the molecule is CCC(C)C1NCN(CC(C)C2CC2)C1=O. The van der Waals surface area contributed by atoms with Gasteiger partial charge in [0.1, 0.15) is 0 Å². The molecule has 1 aliphatic carbocycles. The summed E-state index contributed by atoms with van der Waals surface area (Å²) in [5, 5.41) is 3.35. The monoisotopic (exact) mass is 224 g/mol. The standard InChI is InChI=1S/C13H24N2O/c1-4-9(2)12-13(16)15(8-14-12)7-10(3)11-5-6-11/h9-12,14H,4-8H2,1-3H3. The summed E-state index contributed by atoms with van der Waals surface area (Å²) >= 11 is 0. The van der Waals surface area contributed by atoms with Crippen molar-refractivity contribution in [2.75, 3.05) is 13.2 Å². The van der Waals surface area contributed by atoms with Gasteiger partial charge < -0.3 is 4.90 Å². The van der Waals surface area contributed by atoms with Gasteiger partial charge in [-0.25, -0.2) is 0 Å². The van der Waals surface area contributed by atoms with E-state index in [2.05, 4.69) is 26.1 Å². The van der Waals surface area contributed by atoms with Gasteiger partial charge in [-0.3, -0.25) is 10.1 Å². The van der Waals surface area contributed by atoms with Crippen LogP contribution in [-0.4, -0.2) is 30.1 Å².